The van der Waals surface area contributed by atoms with E-state index >= 15 is 9.59 Å². The number of phenolic OH excluding ortho intramolecular Hbond substituents is 1. The number of amides is 2. The molecular weight excluding hydrogens is 673 g/mol. The molecule has 4 aromatic rings. The number of fused-ring (bicyclic) bond motifs is 4. The Bertz CT molecular complexity index is 2140. The molecule has 50 heavy (non-hydrogen) atoms. The van der Waals surface area contributed by atoms with Crippen LogP contribution in [0, 0.1) is 23.7 Å². The molecule has 2 fully saturated rings. The first kappa shape index (κ1) is 32.2. The molecule has 1 aliphatic heterocycles. The first-order valence-corrected chi connectivity index (χ1v) is 17.2. The summed E-state index contributed by atoms with van der Waals surface area (Å²) >= 11 is 12.8. The Morgan fingerprint density at radius 1 is 0.840 bits per heavy atom. The largest absolute Gasteiger partial charge is 0.503 e. The fourth-order valence-electron chi connectivity index (χ4n) is 9.01. The molecule has 0 radical (unpaired) electrons. The molecular formula is C41H31Cl2NO6. The Morgan fingerprint density at radius 2 is 1.52 bits per heavy atom. The summed E-state index contributed by atoms with van der Waals surface area (Å²) in [6.45, 7) is 0. The van der Waals surface area contributed by atoms with Crippen LogP contribution >= 0.6 is 23.2 Å². The molecule has 3 aliphatic carbocycles. The number of Topliss-reactive ketones (excluding diaryl/α,β-unsaturated/α-hetero) is 1. The van der Waals surface area contributed by atoms with E-state index in [-0.39, 0.29) is 52.7 Å². The summed E-state index contributed by atoms with van der Waals surface area (Å²) in [5, 5.41) is 11.3. The van der Waals surface area contributed by atoms with Gasteiger partial charge in [-0.25, -0.2) is 0 Å². The first-order chi connectivity index (χ1) is 24.2. The lowest BCUT2D eigenvalue weighted by atomic mass is 9.44. The maximum atomic E-state index is 15.1. The molecule has 0 aromatic heterocycles. The van der Waals surface area contributed by atoms with E-state index in [1.165, 1.54) is 18.1 Å². The summed E-state index contributed by atoms with van der Waals surface area (Å²) in [6.07, 6.45) is 3.89. The highest BCUT2D eigenvalue weighted by Gasteiger charge is 2.66. The van der Waals surface area contributed by atoms with Crippen LogP contribution in [0.15, 0.2) is 115 Å². The van der Waals surface area contributed by atoms with Crippen LogP contribution in [0.3, 0.4) is 0 Å². The Kier molecular flexibility index (Phi) is 7.81. The number of allylic oxidation sites excluding steroid dienone is 4. The van der Waals surface area contributed by atoms with Gasteiger partial charge in [-0.15, -0.1) is 0 Å². The lowest BCUT2D eigenvalue weighted by molar-refractivity contribution is -0.135. The summed E-state index contributed by atoms with van der Waals surface area (Å²) in [5.74, 6) is -4.93. The number of imide groups is 1. The smallest absolute Gasteiger partial charge is 0.238 e. The predicted molar refractivity (Wildman–Crippen MR) is 190 cm³/mol. The monoisotopic (exact) mass is 703 g/mol. The van der Waals surface area contributed by atoms with Gasteiger partial charge in [-0.3, -0.25) is 24.1 Å². The van der Waals surface area contributed by atoms with Gasteiger partial charge in [0.2, 0.25) is 11.8 Å². The van der Waals surface area contributed by atoms with Crippen LogP contribution in [0.25, 0.3) is 5.57 Å². The molecule has 1 saturated carbocycles. The van der Waals surface area contributed by atoms with E-state index in [0.29, 0.717) is 33.0 Å². The van der Waals surface area contributed by atoms with Gasteiger partial charge in [0.05, 0.1) is 35.1 Å². The van der Waals surface area contributed by atoms with E-state index in [1.807, 2.05) is 66.7 Å². The van der Waals surface area contributed by atoms with Gasteiger partial charge in [0.1, 0.15) is 0 Å². The van der Waals surface area contributed by atoms with E-state index in [0.717, 1.165) is 5.57 Å². The molecule has 2 amide bonds. The second kappa shape index (κ2) is 12.1. The second-order valence-corrected chi connectivity index (χ2v) is 14.2. The van der Waals surface area contributed by atoms with E-state index in [1.54, 1.807) is 36.4 Å². The van der Waals surface area contributed by atoms with Gasteiger partial charge in [-0.1, -0.05) is 95.5 Å². The number of anilines is 1. The van der Waals surface area contributed by atoms with Crippen LogP contribution in [0.5, 0.6) is 11.5 Å². The number of rotatable bonds is 5. The molecule has 0 spiro atoms. The van der Waals surface area contributed by atoms with Crippen LogP contribution in [0.4, 0.5) is 5.69 Å². The topological polar surface area (TPSA) is 101 Å². The number of benzene rings is 4. The summed E-state index contributed by atoms with van der Waals surface area (Å²) in [6, 6.07) is 28.2. The fourth-order valence-corrected chi connectivity index (χ4v) is 9.36. The van der Waals surface area contributed by atoms with E-state index in [2.05, 4.69) is 0 Å². The fraction of sp³-hybridized carbons (Fsp3) is 0.220. The van der Waals surface area contributed by atoms with Crippen molar-refractivity contribution in [3.05, 3.63) is 142 Å². The molecule has 6 unspecified atom stereocenters. The summed E-state index contributed by atoms with van der Waals surface area (Å²) in [7, 11) is 1.41. The van der Waals surface area contributed by atoms with Crippen molar-refractivity contribution in [3.63, 3.8) is 0 Å². The van der Waals surface area contributed by atoms with Crippen molar-refractivity contribution >= 4 is 57.8 Å². The molecule has 4 aromatic carbocycles. The number of methoxy groups -OCH3 is 1. The summed E-state index contributed by atoms with van der Waals surface area (Å²) in [5.41, 5.74) is 1.92. The molecule has 250 valence electrons. The minimum absolute atomic E-state index is 0.0201. The van der Waals surface area contributed by atoms with Crippen LogP contribution in [0.2, 0.25) is 10.0 Å². The quantitative estimate of drug-likeness (QED) is 0.169. The molecule has 9 heteroatoms. The van der Waals surface area contributed by atoms with Crippen LogP contribution in [-0.4, -0.2) is 35.6 Å². The summed E-state index contributed by atoms with van der Waals surface area (Å²) < 4.78 is 5.53. The Labute approximate surface area is 298 Å². The number of hydrogen-bond acceptors (Lipinski definition) is 6. The lowest BCUT2D eigenvalue weighted by Crippen LogP contribution is -2.58. The number of halogens is 2. The van der Waals surface area contributed by atoms with E-state index in [4.69, 9.17) is 27.9 Å². The number of ether oxygens (including phenoxy) is 1. The molecule has 1 heterocycles. The normalized spacial score (nSPS) is 27.3. The number of ketones is 2. The average Bonchev–Trinajstić information content (AvgIpc) is 3.40. The van der Waals surface area contributed by atoms with Crippen LogP contribution in [0.1, 0.15) is 35.4 Å². The van der Waals surface area contributed by atoms with Gasteiger partial charge >= 0.3 is 0 Å². The number of hydrogen-bond donors (Lipinski definition) is 1. The third kappa shape index (κ3) is 4.63. The highest BCUT2D eigenvalue weighted by atomic mass is 35.5. The zero-order valence-electron chi connectivity index (χ0n) is 26.9. The maximum Gasteiger partial charge on any atom is 0.238 e. The molecule has 0 bridgehead atoms. The van der Waals surface area contributed by atoms with E-state index in [9.17, 15) is 14.7 Å². The van der Waals surface area contributed by atoms with Gasteiger partial charge in [-0.05, 0) is 77.9 Å². The molecule has 8 rings (SSSR count). The minimum Gasteiger partial charge on any atom is -0.503 e. The number of phenols is 1. The van der Waals surface area contributed by atoms with Crippen molar-refractivity contribution in [2.75, 3.05) is 12.0 Å². The van der Waals surface area contributed by atoms with Crippen molar-refractivity contribution in [1.82, 2.24) is 0 Å². The van der Waals surface area contributed by atoms with Crippen LogP contribution in [-0.2, 0) is 24.6 Å². The van der Waals surface area contributed by atoms with E-state index < -0.39 is 35.0 Å². The number of nitrogens with zero attached hydrogens (tertiary/aromatic N) is 1. The molecule has 1 saturated heterocycles. The highest BCUT2D eigenvalue weighted by Crippen LogP contribution is 2.64. The zero-order valence-corrected chi connectivity index (χ0v) is 28.4. The molecule has 6 atom stereocenters. The lowest BCUT2D eigenvalue weighted by Gasteiger charge is -2.55. The summed E-state index contributed by atoms with van der Waals surface area (Å²) in [4.78, 5) is 59.9. The van der Waals surface area contributed by atoms with Crippen LogP contribution < -0.4 is 9.64 Å². The SMILES string of the molecule is COc1cc(C2C3=CCC4C(=O)N(c5ccc(Cl)cc5)C(=O)C4C3CC3C(=O)C(c4ccccc4)=CC(=O)C32c2ccccc2)cc(Cl)c1O. The van der Waals surface area contributed by atoms with Crippen molar-refractivity contribution in [1.29, 1.82) is 0 Å². The van der Waals surface area contributed by atoms with Gasteiger partial charge < -0.3 is 9.84 Å². The van der Waals surface area contributed by atoms with Gasteiger partial charge in [0.25, 0.3) is 0 Å². The average molecular weight is 705 g/mol. The van der Waals surface area contributed by atoms with Crippen molar-refractivity contribution in [2.45, 2.75) is 24.2 Å². The Morgan fingerprint density at radius 3 is 2.20 bits per heavy atom. The number of carbonyl (C=O) groups excluding carboxylic acids is 4. The Hall–Kier alpha value is -4.98. The minimum atomic E-state index is -1.43. The van der Waals surface area contributed by atoms with Gasteiger partial charge in [-0.2, -0.15) is 0 Å². The second-order valence-electron chi connectivity index (χ2n) is 13.3. The Balaban J connectivity index is 1.38. The maximum absolute atomic E-state index is 15.1. The number of carbonyl (C=O) groups is 4. The molecule has 7 nitrogen and oxygen atoms in total. The standard InChI is InChI=1S/C41H31Cl2NO6/c1-50-33-19-23(18-32(43)38(33)47)36-27-16-17-28-35(40(49)44(39(28)48)26-14-12-25(42)13-15-26)30(27)20-31-37(46)29(22-8-4-2-5-9-22)21-34(45)41(31,36)24-10-6-3-7-11-24/h2-16,18-19,21,28,30-31,35-36,47H,17,20H2,1H3. The van der Waals surface area contributed by atoms with Gasteiger partial charge in [0, 0.05) is 22.4 Å². The zero-order chi connectivity index (χ0) is 34.9. The third-order valence-electron chi connectivity index (χ3n) is 11.1. The van der Waals surface area contributed by atoms with Crippen molar-refractivity contribution in [3.8, 4) is 11.5 Å². The van der Waals surface area contributed by atoms with Gasteiger partial charge in [0.15, 0.2) is 23.1 Å². The van der Waals surface area contributed by atoms with Crippen molar-refractivity contribution < 1.29 is 29.0 Å². The third-order valence-corrected chi connectivity index (χ3v) is 11.6. The molecule has 4 aliphatic rings. The van der Waals surface area contributed by atoms with Crippen molar-refractivity contribution in [2.24, 2.45) is 23.7 Å². The predicted octanol–water partition coefficient (Wildman–Crippen LogP) is 7.74. The number of aromatic hydroxyl groups is 1. The first-order valence-electron chi connectivity index (χ1n) is 16.5. The highest BCUT2D eigenvalue weighted by molar-refractivity contribution is 6.33. The molecule has 1 N–H and O–H groups in total.